The van der Waals surface area contributed by atoms with Crippen LogP contribution in [0.4, 0.5) is 0 Å². The van der Waals surface area contributed by atoms with Gasteiger partial charge in [-0.1, -0.05) is 84.5 Å². The van der Waals surface area contributed by atoms with Crippen LogP contribution in [0.2, 0.25) is 0 Å². The first-order chi connectivity index (χ1) is 11.3. The Kier molecular flexibility index (Phi) is 12.4. The number of nitrogens with zero attached hydrogens (tertiary/aromatic N) is 1. The highest BCUT2D eigenvalue weighted by molar-refractivity contribution is 5.78. The highest BCUT2D eigenvalue weighted by Crippen LogP contribution is 2.23. The molecular formula is C21H41NO. The smallest absolute Gasteiger partial charge is 0.225 e. The fraction of sp³-hybridized carbons (Fsp3) is 0.952. The molecule has 23 heavy (non-hydrogen) atoms. The van der Waals surface area contributed by atoms with E-state index < -0.39 is 0 Å². The van der Waals surface area contributed by atoms with Crippen LogP contribution < -0.4 is 0 Å². The lowest BCUT2D eigenvalue weighted by molar-refractivity contribution is -0.136. The van der Waals surface area contributed by atoms with Gasteiger partial charge in [0, 0.05) is 19.0 Å². The van der Waals surface area contributed by atoms with Crippen molar-refractivity contribution >= 4 is 5.91 Å². The van der Waals surface area contributed by atoms with Gasteiger partial charge in [-0.25, -0.2) is 0 Å². The Labute approximate surface area is 145 Å². The summed E-state index contributed by atoms with van der Waals surface area (Å²) in [4.78, 5) is 15.3. The van der Waals surface area contributed by atoms with Crippen molar-refractivity contribution in [3.8, 4) is 0 Å². The minimum absolute atomic E-state index is 0.308. The zero-order valence-corrected chi connectivity index (χ0v) is 16.0. The highest BCUT2D eigenvalue weighted by Gasteiger charge is 2.23. The summed E-state index contributed by atoms with van der Waals surface area (Å²) >= 11 is 0. The van der Waals surface area contributed by atoms with Gasteiger partial charge >= 0.3 is 0 Å². The van der Waals surface area contributed by atoms with E-state index in [-0.39, 0.29) is 0 Å². The second-order valence-corrected chi connectivity index (χ2v) is 7.49. The molecule has 0 aromatic carbocycles. The van der Waals surface area contributed by atoms with Crippen LogP contribution in [0.3, 0.4) is 0 Å². The summed E-state index contributed by atoms with van der Waals surface area (Å²) in [6.45, 7) is 6.40. The van der Waals surface area contributed by atoms with Gasteiger partial charge in [-0.15, -0.1) is 0 Å². The van der Waals surface area contributed by atoms with Crippen molar-refractivity contribution in [2.75, 3.05) is 13.1 Å². The van der Waals surface area contributed by atoms with Gasteiger partial charge in [0.1, 0.15) is 0 Å². The Morgan fingerprint density at radius 2 is 1.13 bits per heavy atom. The molecule has 1 fully saturated rings. The van der Waals surface area contributed by atoms with E-state index in [0.29, 0.717) is 11.8 Å². The molecule has 0 atom stereocenters. The predicted octanol–water partition coefficient (Wildman–Crippen LogP) is 6.34. The molecule has 1 saturated carbocycles. The van der Waals surface area contributed by atoms with Crippen molar-refractivity contribution in [2.24, 2.45) is 5.92 Å². The number of amides is 1. The molecule has 1 amide bonds. The SMILES string of the molecule is CCCCN(CCCC)C(=O)C1CCCCCCCCCCC1. The molecule has 0 aliphatic heterocycles. The van der Waals surface area contributed by atoms with Crippen molar-refractivity contribution in [1.82, 2.24) is 4.90 Å². The van der Waals surface area contributed by atoms with Gasteiger partial charge in [-0.05, 0) is 25.7 Å². The topological polar surface area (TPSA) is 20.3 Å². The van der Waals surface area contributed by atoms with Gasteiger partial charge in [0.05, 0.1) is 0 Å². The second-order valence-electron chi connectivity index (χ2n) is 7.49. The van der Waals surface area contributed by atoms with Crippen molar-refractivity contribution < 1.29 is 4.79 Å². The van der Waals surface area contributed by atoms with E-state index in [1.807, 2.05) is 0 Å². The molecule has 0 saturated heterocycles. The minimum Gasteiger partial charge on any atom is -0.342 e. The maximum atomic E-state index is 13.1. The fourth-order valence-corrected chi connectivity index (χ4v) is 3.70. The minimum atomic E-state index is 0.308. The van der Waals surface area contributed by atoms with Crippen LogP contribution >= 0.6 is 0 Å². The molecule has 1 rings (SSSR count). The quantitative estimate of drug-likeness (QED) is 0.535. The molecule has 1 aliphatic carbocycles. The lowest BCUT2D eigenvalue weighted by atomic mass is 9.91. The molecule has 0 radical (unpaired) electrons. The number of rotatable bonds is 7. The van der Waals surface area contributed by atoms with Crippen LogP contribution in [0.1, 0.15) is 110 Å². The van der Waals surface area contributed by atoms with E-state index in [0.717, 1.165) is 38.8 Å². The van der Waals surface area contributed by atoms with E-state index in [2.05, 4.69) is 18.7 Å². The monoisotopic (exact) mass is 323 g/mol. The van der Waals surface area contributed by atoms with Gasteiger partial charge in [0.15, 0.2) is 0 Å². The molecule has 0 heterocycles. The first-order valence-electron chi connectivity index (χ1n) is 10.6. The summed E-state index contributed by atoms with van der Waals surface area (Å²) in [5, 5.41) is 0. The Hall–Kier alpha value is -0.530. The summed E-state index contributed by atoms with van der Waals surface area (Å²) in [7, 11) is 0. The summed E-state index contributed by atoms with van der Waals surface area (Å²) in [5.41, 5.74) is 0. The van der Waals surface area contributed by atoms with Crippen molar-refractivity contribution in [2.45, 2.75) is 110 Å². The number of hydrogen-bond acceptors (Lipinski definition) is 1. The van der Waals surface area contributed by atoms with E-state index >= 15 is 0 Å². The lowest BCUT2D eigenvalue weighted by Gasteiger charge is -2.28. The van der Waals surface area contributed by atoms with E-state index in [1.54, 1.807) is 0 Å². The van der Waals surface area contributed by atoms with Gasteiger partial charge < -0.3 is 4.90 Å². The van der Waals surface area contributed by atoms with Crippen LogP contribution in [0.25, 0.3) is 0 Å². The Morgan fingerprint density at radius 1 is 0.739 bits per heavy atom. The largest absolute Gasteiger partial charge is 0.342 e. The molecular weight excluding hydrogens is 282 g/mol. The maximum Gasteiger partial charge on any atom is 0.225 e. The summed E-state index contributed by atoms with van der Waals surface area (Å²) in [6.07, 6.45) is 19.1. The first-order valence-corrected chi connectivity index (χ1v) is 10.6. The van der Waals surface area contributed by atoms with Gasteiger partial charge in [-0.2, -0.15) is 0 Å². The van der Waals surface area contributed by atoms with Crippen LogP contribution in [-0.2, 0) is 4.79 Å². The first kappa shape index (κ1) is 20.5. The van der Waals surface area contributed by atoms with Crippen LogP contribution in [0.5, 0.6) is 0 Å². The average molecular weight is 324 g/mol. The third-order valence-electron chi connectivity index (χ3n) is 5.33. The Morgan fingerprint density at radius 3 is 1.52 bits per heavy atom. The number of hydrogen-bond donors (Lipinski definition) is 0. The summed E-state index contributed by atoms with van der Waals surface area (Å²) in [6, 6.07) is 0. The van der Waals surface area contributed by atoms with Gasteiger partial charge in [-0.3, -0.25) is 4.79 Å². The standard InChI is InChI=1S/C21H41NO/c1-3-5-18-22(19-6-4-2)21(23)20-16-14-12-10-8-7-9-11-13-15-17-20/h20H,3-19H2,1-2H3. The second kappa shape index (κ2) is 13.9. The zero-order chi connectivity index (χ0) is 16.8. The van der Waals surface area contributed by atoms with Crippen molar-refractivity contribution in [3.63, 3.8) is 0 Å². The normalized spacial score (nSPS) is 18.9. The summed E-state index contributed by atoms with van der Waals surface area (Å²) in [5.74, 6) is 0.784. The van der Waals surface area contributed by atoms with Crippen LogP contribution in [-0.4, -0.2) is 23.9 Å². The number of unbranched alkanes of at least 4 members (excludes halogenated alkanes) is 2. The zero-order valence-electron chi connectivity index (χ0n) is 16.0. The third kappa shape index (κ3) is 9.37. The molecule has 2 heteroatoms. The average Bonchev–Trinajstić information content (AvgIpc) is 2.55. The fourth-order valence-electron chi connectivity index (χ4n) is 3.70. The number of carbonyl (C=O) groups is 1. The van der Waals surface area contributed by atoms with E-state index in [9.17, 15) is 4.79 Å². The molecule has 0 unspecified atom stereocenters. The Balaban J connectivity index is 2.55. The van der Waals surface area contributed by atoms with Crippen LogP contribution in [0, 0.1) is 5.92 Å². The van der Waals surface area contributed by atoms with E-state index in [1.165, 1.54) is 70.6 Å². The van der Waals surface area contributed by atoms with Crippen LogP contribution in [0.15, 0.2) is 0 Å². The molecule has 2 nitrogen and oxygen atoms in total. The molecule has 0 spiro atoms. The molecule has 0 aromatic rings. The molecule has 0 bridgehead atoms. The highest BCUT2D eigenvalue weighted by atomic mass is 16.2. The molecule has 136 valence electrons. The third-order valence-corrected chi connectivity index (χ3v) is 5.33. The number of carbonyl (C=O) groups excluding carboxylic acids is 1. The van der Waals surface area contributed by atoms with Crippen molar-refractivity contribution in [1.29, 1.82) is 0 Å². The van der Waals surface area contributed by atoms with Crippen molar-refractivity contribution in [3.05, 3.63) is 0 Å². The van der Waals surface area contributed by atoms with Gasteiger partial charge in [0.2, 0.25) is 5.91 Å². The molecule has 0 N–H and O–H groups in total. The molecule has 0 aromatic heterocycles. The van der Waals surface area contributed by atoms with E-state index in [4.69, 9.17) is 0 Å². The Bertz CT molecular complexity index is 270. The summed E-state index contributed by atoms with van der Waals surface area (Å²) < 4.78 is 0. The molecule has 1 aliphatic rings. The maximum absolute atomic E-state index is 13.1. The van der Waals surface area contributed by atoms with Gasteiger partial charge in [0.25, 0.3) is 0 Å². The predicted molar refractivity (Wildman–Crippen MR) is 101 cm³/mol. The lowest BCUT2D eigenvalue weighted by Crippen LogP contribution is -2.37.